The van der Waals surface area contributed by atoms with Crippen LogP contribution in [0.5, 0.6) is 0 Å². The Balaban J connectivity index is 1.71. The predicted molar refractivity (Wildman–Crippen MR) is 104 cm³/mol. The molecule has 118 valence electrons. The van der Waals surface area contributed by atoms with Crippen molar-refractivity contribution in [1.29, 1.82) is 0 Å². The summed E-state index contributed by atoms with van der Waals surface area (Å²) < 4.78 is 24.2. The van der Waals surface area contributed by atoms with Gasteiger partial charge in [0.25, 0.3) is 11.2 Å². The molecule has 0 aliphatic carbocycles. The molecule has 2 aliphatic heterocycles. The van der Waals surface area contributed by atoms with E-state index in [9.17, 15) is 4.21 Å². The summed E-state index contributed by atoms with van der Waals surface area (Å²) in [4.78, 5) is 5.56. The minimum Gasteiger partial charge on any atom is -0.216 e. The largest absolute Gasteiger partial charge is 0.268 e. The van der Waals surface area contributed by atoms with E-state index in [2.05, 4.69) is 17.6 Å². The minimum atomic E-state index is -1.63. The lowest BCUT2D eigenvalue weighted by molar-refractivity contribution is 0.686. The van der Waals surface area contributed by atoms with E-state index in [1.165, 1.54) is 23.1 Å². The number of nitrogens with zero attached hydrogens (tertiary/aromatic N) is 4. The zero-order chi connectivity index (χ0) is 16.4. The molecule has 2 aliphatic rings. The summed E-state index contributed by atoms with van der Waals surface area (Å²) in [6.45, 7) is 0. The van der Waals surface area contributed by atoms with Gasteiger partial charge in [-0.2, -0.15) is 8.17 Å². The zero-order valence-electron chi connectivity index (χ0n) is 12.2. The van der Waals surface area contributed by atoms with Crippen LogP contribution in [0.25, 0.3) is 0 Å². The number of amidine groups is 1. The van der Waals surface area contributed by atoms with Gasteiger partial charge in [-0.05, 0) is 16.7 Å². The van der Waals surface area contributed by atoms with E-state index < -0.39 is 11.2 Å². The fourth-order valence-corrected chi connectivity index (χ4v) is 4.52. The summed E-state index contributed by atoms with van der Waals surface area (Å²) in [5.74, 6) is 0.383. The van der Waals surface area contributed by atoms with E-state index in [0.29, 0.717) is 11.5 Å². The van der Waals surface area contributed by atoms with Crippen molar-refractivity contribution in [1.82, 2.24) is 0 Å². The van der Waals surface area contributed by atoms with Gasteiger partial charge in [0.1, 0.15) is 10.8 Å². The van der Waals surface area contributed by atoms with Crippen LogP contribution in [0.2, 0.25) is 0 Å². The first-order valence-corrected chi connectivity index (χ1v) is 9.63. The van der Waals surface area contributed by atoms with Gasteiger partial charge in [0.15, 0.2) is 5.84 Å². The molecule has 0 saturated carbocycles. The molecule has 0 fully saturated rings. The van der Waals surface area contributed by atoms with Crippen molar-refractivity contribution in [3.05, 3.63) is 71.8 Å². The Morgan fingerprint density at radius 2 is 1.54 bits per heavy atom. The second kappa shape index (κ2) is 6.76. The highest BCUT2D eigenvalue weighted by Crippen LogP contribution is 2.20. The molecule has 1 unspecified atom stereocenters. The van der Waals surface area contributed by atoms with Crippen molar-refractivity contribution in [3.8, 4) is 0 Å². The Bertz CT molecular complexity index is 975. The molecule has 0 bridgehead atoms. The van der Waals surface area contributed by atoms with Crippen LogP contribution in [0.4, 0.5) is 0 Å². The lowest BCUT2D eigenvalue weighted by Gasteiger charge is -2.03. The average molecular weight is 370 g/mol. The summed E-state index contributed by atoms with van der Waals surface area (Å²) in [6.07, 6.45) is 0. The SMILES string of the molecule is O=S1N=C(N=C2SN=S=C2c2ccccc2)C(c2ccccc2)=N1. The monoisotopic (exact) mass is 370 g/mol. The molecule has 5 nitrogen and oxygen atoms in total. The van der Waals surface area contributed by atoms with E-state index >= 15 is 0 Å². The molecule has 0 spiro atoms. The van der Waals surface area contributed by atoms with Crippen LogP contribution in [0, 0.1) is 0 Å². The van der Waals surface area contributed by atoms with E-state index in [1.54, 1.807) is 0 Å². The third kappa shape index (κ3) is 3.08. The maximum Gasteiger partial charge on any atom is 0.268 e. The summed E-state index contributed by atoms with van der Waals surface area (Å²) in [6, 6.07) is 19.5. The smallest absolute Gasteiger partial charge is 0.216 e. The molecule has 1 atom stereocenters. The second-order valence-corrected chi connectivity index (χ2v) is 7.40. The second-order valence-electron chi connectivity index (χ2n) is 4.82. The Morgan fingerprint density at radius 3 is 2.25 bits per heavy atom. The first-order chi connectivity index (χ1) is 11.8. The van der Waals surface area contributed by atoms with Gasteiger partial charge < -0.3 is 0 Å². The average Bonchev–Trinajstić information content (AvgIpc) is 3.23. The molecular formula is C16H10N4OS3. The van der Waals surface area contributed by atoms with Gasteiger partial charge in [-0.1, -0.05) is 60.7 Å². The normalized spacial score (nSPS) is 21.2. The summed E-state index contributed by atoms with van der Waals surface area (Å²) in [5.41, 5.74) is 2.44. The molecule has 0 saturated heterocycles. The molecular weight excluding hydrogens is 360 g/mol. The van der Waals surface area contributed by atoms with Crippen molar-refractivity contribution in [2.75, 3.05) is 0 Å². The molecule has 24 heavy (non-hydrogen) atoms. The Morgan fingerprint density at radius 1 is 0.875 bits per heavy atom. The number of aliphatic imine (C=N–C) groups is 1. The molecule has 4 rings (SSSR count). The van der Waals surface area contributed by atoms with E-state index in [0.717, 1.165) is 21.0 Å². The van der Waals surface area contributed by atoms with Crippen molar-refractivity contribution in [2.45, 2.75) is 0 Å². The molecule has 8 heteroatoms. The van der Waals surface area contributed by atoms with Gasteiger partial charge in [-0.15, -0.1) is 4.40 Å². The summed E-state index contributed by atoms with van der Waals surface area (Å²) in [5, 5.41) is 0.743. The van der Waals surface area contributed by atoms with Gasteiger partial charge in [-0.25, -0.2) is 9.20 Å². The molecule has 0 amide bonds. The van der Waals surface area contributed by atoms with Gasteiger partial charge in [0.2, 0.25) is 0 Å². The standard InChI is InChI=1S/C16H10N4OS3/c21-24-18-13(11-7-3-1-4-8-11)15(19-24)17-16-14(22-20-23-16)12-9-5-2-6-10-12/h1-10H. The predicted octanol–water partition coefficient (Wildman–Crippen LogP) is 3.01. The maximum absolute atomic E-state index is 11.8. The molecule has 2 aromatic carbocycles. The van der Waals surface area contributed by atoms with Crippen molar-refractivity contribution in [3.63, 3.8) is 0 Å². The first-order valence-electron chi connectivity index (χ1n) is 7.02. The fraction of sp³-hybridized carbons (Fsp3) is 0. The zero-order valence-corrected chi connectivity index (χ0v) is 14.6. The number of benzene rings is 2. The third-order valence-electron chi connectivity index (χ3n) is 3.28. The summed E-state index contributed by atoms with van der Waals surface area (Å²) >= 11 is 1.06. The van der Waals surface area contributed by atoms with E-state index in [4.69, 9.17) is 0 Å². The van der Waals surface area contributed by atoms with Crippen molar-refractivity contribution in [2.24, 2.45) is 17.6 Å². The first kappa shape index (κ1) is 15.4. The van der Waals surface area contributed by atoms with Crippen molar-refractivity contribution >= 4 is 55.7 Å². The lowest BCUT2D eigenvalue weighted by Crippen LogP contribution is -2.16. The Kier molecular flexibility index (Phi) is 4.33. The van der Waals surface area contributed by atoms with Crippen LogP contribution in [-0.2, 0) is 22.3 Å². The molecule has 0 radical (unpaired) electrons. The highest BCUT2D eigenvalue weighted by molar-refractivity contribution is 8.20. The topological polar surface area (TPSA) is 66.5 Å². The molecule has 2 aromatic rings. The fourth-order valence-electron chi connectivity index (χ4n) is 2.21. The highest BCUT2D eigenvalue weighted by atomic mass is 32.2. The molecule has 2 heterocycles. The Hall–Kier alpha value is -2.16. The number of rotatable bonds is 2. The number of hydrogen-bond acceptors (Lipinski definition) is 4. The van der Waals surface area contributed by atoms with Gasteiger partial charge in [-0.3, -0.25) is 0 Å². The lowest BCUT2D eigenvalue weighted by atomic mass is 10.1. The van der Waals surface area contributed by atoms with Crippen LogP contribution in [0.3, 0.4) is 0 Å². The van der Waals surface area contributed by atoms with Crippen LogP contribution in [0.1, 0.15) is 11.1 Å². The van der Waals surface area contributed by atoms with Crippen molar-refractivity contribution < 1.29 is 4.21 Å². The van der Waals surface area contributed by atoms with Gasteiger partial charge in [0, 0.05) is 17.5 Å². The third-order valence-corrected chi connectivity index (χ3v) is 5.76. The maximum atomic E-state index is 11.8. The summed E-state index contributed by atoms with van der Waals surface area (Å²) in [7, 11) is 0. The van der Waals surface area contributed by atoms with E-state index in [-0.39, 0.29) is 0 Å². The van der Waals surface area contributed by atoms with Gasteiger partial charge >= 0.3 is 0 Å². The van der Waals surface area contributed by atoms with Crippen LogP contribution < -0.4 is 0 Å². The quantitative estimate of drug-likeness (QED) is 0.602. The van der Waals surface area contributed by atoms with Crippen LogP contribution in [-0.4, -0.2) is 25.7 Å². The Labute approximate surface area is 149 Å². The van der Waals surface area contributed by atoms with Gasteiger partial charge in [0.05, 0.1) is 4.86 Å². The van der Waals surface area contributed by atoms with Crippen LogP contribution >= 0.6 is 11.9 Å². The number of hydrogen-bond donors (Lipinski definition) is 0. The minimum absolute atomic E-state index is 0.383. The molecule has 0 aromatic heterocycles. The molecule has 0 N–H and O–H groups in total. The van der Waals surface area contributed by atoms with E-state index in [1.807, 2.05) is 60.7 Å². The van der Waals surface area contributed by atoms with Crippen LogP contribution in [0.15, 0.2) is 78.2 Å². The highest BCUT2D eigenvalue weighted by Gasteiger charge is 2.23.